The van der Waals surface area contributed by atoms with E-state index >= 15 is 0 Å². The molecule has 3 aromatic carbocycles. The minimum Gasteiger partial charge on any atom is -0.459 e. The highest BCUT2D eigenvalue weighted by molar-refractivity contribution is 5.99. The highest BCUT2D eigenvalue weighted by Crippen LogP contribution is 2.57. The maximum Gasteiger partial charge on any atom is 0.340 e. The van der Waals surface area contributed by atoms with Crippen molar-refractivity contribution in [3.8, 4) is 11.5 Å². The zero-order valence-electron chi connectivity index (χ0n) is 20.7. The van der Waals surface area contributed by atoms with Gasteiger partial charge < -0.3 is 24.0 Å². The predicted molar refractivity (Wildman–Crippen MR) is 134 cm³/mol. The van der Waals surface area contributed by atoms with E-state index in [2.05, 4.69) is 0 Å². The summed E-state index contributed by atoms with van der Waals surface area (Å²) in [6.07, 6.45) is -0.263. The van der Waals surface area contributed by atoms with Gasteiger partial charge in [-0.25, -0.2) is 9.59 Å². The van der Waals surface area contributed by atoms with Crippen molar-refractivity contribution in [1.82, 2.24) is 0 Å². The highest BCUT2D eigenvalue weighted by Gasteiger charge is 2.54. The molecule has 0 amide bonds. The lowest BCUT2D eigenvalue weighted by atomic mass is 9.77. The Morgan fingerprint density at radius 3 is 1.91 bits per heavy atom. The zero-order chi connectivity index (χ0) is 25.1. The van der Waals surface area contributed by atoms with Gasteiger partial charge in [0.1, 0.15) is 11.5 Å². The lowest BCUT2D eigenvalue weighted by molar-refractivity contribution is 0.0224. The average Bonchev–Trinajstić information content (AvgIpc) is 3.10. The third-order valence-corrected chi connectivity index (χ3v) is 6.38. The van der Waals surface area contributed by atoms with Gasteiger partial charge in [0, 0.05) is 68.4 Å². The molecule has 0 unspecified atom stereocenters. The Bertz CT molecular complexity index is 1300. The van der Waals surface area contributed by atoms with Gasteiger partial charge in [-0.15, -0.1) is 0 Å². The molecule has 0 atom stereocenters. The Kier molecular flexibility index (Phi) is 5.24. The number of hydrogen-bond donors (Lipinski definition) is 0. The molecule has 0 saturated carbocycles. The molecule has 0 bridgehead atoms. The summed E-state index contributed by atoms with van der Waals surface area (Å²) in [5.41, 5.74) is 3.43. The van der Waals surface area contributed by atoms with Crippen molar-refractivity contribution in [1.29, 1.82) is 0 Å². The molecule has 0 N–H and O–H groups in total. The first-order chi connectivity index (χ1) is 16.6. The van der Waals surface area contributed by atoms with Gasteiger partial charge in [0.05, 0.1) is 17.2 Å². The molecule has 0 saturated heterocycles. The molecule has 2 aliphatic rings. The summed E-state index contributed by atoms with van der Waals surface area (Å²) in [4.78, 5) is 29.9. The number of fused-ring (bicyclic) bond motifs is 6. The first kappa shape index (κ1) is 22.8. The average molecular weight is 473 g/mol. The summed E-state index contributed by atoms with van der Waals surface area (Å²) in [5, 5.41) is 0. The van der Waals surface area contributed by atoms with Crippen LogP contribution in [-0.2, 0) is 15.1 Å². The Hall–Kier alpha value is -4.00. The van der Waals surface area contributed by atoms with E-state index in [4.69, 9.17) is 14.2 Å². The van der Waals surface area contributed by atoms with E-state index in [0.717, 1.165) is 11.4 Å². The summed E-state index contributed by atoms with van der Waals surface area (Å²) in [5.74, 6) is 0.289. The lowest BCUT2D eigenvalue weighted by Gasteiger charge is -2.37. The van der Waals surface area contributed by atoms with Crippen LogP contribution in [0.3, 0.4) is 0 Å². The Morgan fingerprint density at radius 1 is 0.829 bits per heavy atom. The monoisotopic (exact) mass is 472 g/mol. The van der Waals surface area contributed by atoms with Gasteiger partial charge in [-0.2, -0.15) is 0 Å². The Balaban J connectivity index is 1.79. The third-order valence-electron chi connectivity index (χ3n) is 6.38. The molecule has 3 aromatic rings. The largest absolute Gasteiger partial charge is 0.459 e. The number of hydrogen-bond acceptors (Lipinski definition) is 7. The van der Waals surface area contributed by atoms with E-state index in [-0.39, 0.29) is 6.10 Å². The van der Waals surface area contributed by atoms with Crippen molar-refractivity contribution in [3.63, 3.8) is 0 Å². The van der Waals surface area contributed by atoms with Gasteiger partial charge in [0.25, 0.3) is 0 Å². The van der Waals surface area contributed by atoms with E-state index in [9.17, 15) is 9.59 Å². The lowest BCUT2D eigenvalue weighted by Crippen LogP contribution is -2.33. The fourth-order valence-electron chi connectivity index (χ4n) is 4.66. The summed E-state index contributed by atoms with van der Waals surface area (Å²) >= 11 is 0. The first-order valence-corrected chi connectivity index (χ1v) is 11.5. The first-order valence-electron chi connectivity index (χ1n) is 11.5. The van der Waals surface area contributed by atoms with Crippen molar-refractivity contribution in [2.45, 2.75) is 25.6 Å². The van der Waals surface area contributed by atoms with Crippen LogP contribution in [0, 0.1) is 0 Å². The highest BCUT2D eigenvalue weighted by atomic mass is 16.6. The minimum atomic E-state index is -1.25. The number of anilines is 2. The van der Waals surface area contributed by atoms with Crippen LogP contribution in [0.2, 0.25) is 0 Å². The number of carbonyl (C=O) groups is 2. The Labute approximate surface area is 204 Å². The number of rotatable bonds is 4. The van der Waals surface area contributed by atoms with E-state index in [0.29, 0.717) is 39.3 Å². The Morgan fingerprint density at radius 2 is 1.40 bits per heavy atom. The smallest absolute Gasteiger partial charge is 0.340 e. The standard InChI is InChI=1S/C28H28N2O5/c1-16(2)33-26(31)17-7-10-20-23(13-17)28(35-27(20)32)21-11-8-18(29(3)4)14-24(21)34-25-15-19(30(5)6)9-12-22(25)28/h7-16H,1-6H3. The van der Waals surface area contributed by atoms with Gasteiger partial charge in [0.15, 0.2) is 5.60 Å². The molecular formula is C28H28N2O5. The van der Waals surface area contributed by atoms with E-state index in [1.165, 1.54) is 0 Å². The van der Waals surface area contributed by atoms with E-state index < -0.39 is 17.5 Å². The van der Waals surface area contributed by atoms with Crippen molar-refractivity contribution in [2.24, 2.45) is 0 Å². The van der Waals surface area contributed by atoms with E-state index in [1.54, 1.807) is 32.0 Å². The SMILES string of the molecule is CC(C)OC(=O)c1ccc2c(c1)C1(OC2=O)c2ccc(N(C)C)cc2Oc2cc(N(C)C)ccc21. The van der Waals surface area contributed by atoms with Crippen molar-refractivity contribution < 1.29 is 23.8 Å². The molecule has 7 heteroatoms. The molecule has 1 spiro atoms. The van der Waals surface area contributed by atoms with Crippen LogP contribution >= 0.6 is 0 Å². The van der Waals surface area contributed by atoms with Crippen molar-refractivity contribution >= 4 is 23.3 Å². The van der Waals surface area contributed by atoms with Crippen LogP contribution in [0.1, 0.15) is 51.3 Å². The van der Waals surface area contributed by atoms with Gasteiger partial charge >= 0.3 is 11.9 Å². The normalized spacial score (nSPS) is 14.5. The molecule has 0 aliphatic carbocycles. The number of esters is 2. The molecule has 0 aromatic heterocycles. The third kappa shape index (κ3) is 3.50. The van der Waals surface area contributed by atoms with Crippen LogP contribution in [0.5, 0.6) is 11.5 Å². The van der Waals surface area contributed by atoms with Crippen LogP contribution in [-0.4, -0.2) is 46.2 Å². The van der Waals surface area contributed by atoms with E-state index in [1.807, 2.05) is 74.4 Å². The number of carbonyl (C=O) groups excluding carboxylic acids is 2. The second kappa shape index (κ2) is 8.05. The number of ether oxygens (including phenoxy) is 3. The van der Waals surface area contributed by atoms with Crippen LogP contribution in [0.15, 0.2) is 54.6 Å². The molecule has 5 rings (SSSR count). The van der Waals surface area contributed by atoms with Crippen LogP contribution in [0.25, 0.3) is 0 Å². The van der Waals surface area contributed by atoms with Gasteiger partial charge in [0.2, 0.25) is 0 Å². The molecule has 35 heavy (non-hydrogen) atoms. The van der Waals surface area contributed by atoms with Crippen LogP contribution in [0.4, 0.5) is 11.4 Å². The van der Waals surface area contributed by atoms with Crippen molar-refractivity contribution in [3.05, 3.63) is 82.4 Å². The van der Waals surface area contributed by atoms with Gasteiger partial charge in [-0.3, -0.25) is 0 Å². The maximum atomic E-state index is 13.2. The second-order valence-electron chi connectivity index (χ2n) is 9.54. The minimum absolute atomic E-state index is 0.263. The van der Waals surface area contributed by atoms with Crippen molar-refractivity contribution in [2.75, 3.05) is 38.0 Å². The zero-order valence-corrected chi connectivity index (χ0v) is 20.7. The summed E-state index contributed by atoms with van der Waals surface area (Å²) in [6.45, 7) is 3.60. The fourth-order valence-corrected chi connectivity index (χ4v) is 4.66. The van der Waals surface area contributed by atoms with Gasteiger partial charge in [-0.05, 0) is 56.3 Å². The summed E-state index contributed by atoms with van der Waals surface area (Å²) < 4.78 is 18.0. The molecule has 0 radical (unpaired) electrons. The predicted octanol–water partition coefficient (Wildman–Crippen LogP) is 4.95. The quantitative estimate of drug-likeness (QED) is 0.498. The maximum absolute atomic E-state index is 13.2. The number of benzene rings is 3. The topological polar surface area (TPSA) is 68.3 Å². The second-order valence-corrected chi connectivity index (χ2v) is 9.54. The summed E-state index contributed by atoms with van der Waals surface area (Å²) in [7, 11) is 7.82. The van der Waals surface area contributed by atoms with Crippen LogP contribution < -0.4 is 14.5 Å². The molecule has 7 nitrogen and oxygen atoms in total. The molecule has 0 fully saturated rings. The summed E-state index contributed by atoms with van der Waals surface area (Å²) in [6, 6.07) is 16.6. The molecule has 2 heterocycles. The number of nitrogens with zero attached hydrogens (tertiary/aromatic N) is 2. The molecule has 180 valence electrons. The van der Waals surface area contributed by atoms with Gasteiger partial charge in [-0.1, -0.05) is 0 Å². The molecule has 2 aliphatic heterocycles. The molecular weight excluding hydrogens is 444 g/mol. The fraction of sp³-hybridized carbons (Fsp3) is 0.286.